The standard InChI is InChI=1S/C25H27FN4O4/c26-20-5-4-16(14-29-8-10-34-11-9-29)12-17(20)13-27-21-3-1-2-18-19(21)15-30(25(18)33)22-6-7-23(31)28-24(22)32/h1-5,12,22,27H,6-11,13-15H2,(H,28,31,32)/i1D,2D,3D,5D,8D2,9D2,10D2,11D2,12D,13D2,14D2,15D2,22D. The van der Waals surface area contributed by atoms with Crippen LogP contribution in [0.2, 0.25) is 0 Å². The molecule has 3 amide bonds. The summed E-state index contributed by atoms with van der Waals surface area (Å²) in [5.74, 6) is -5.82. The minimum absolute atomic E-state index is 0.0131. The third-order valence-electron chi connectivity index (χ3n) is 4.67. The fourth-order valence-corrected chi connectivity index (χ4v) is 3.13. The lowest BCUT2D eigenvalue weighted by Gasteiger charge is -2.29. The monoisotopic (exact) mass is 486 g/mol. The Hall–Kier alpha value is -3.30. The maximum absolute atomic E-state index is 15.8. The van der Waals surface area contributed by atoms with E-state index in [1.807, 2.05) is 5.32 Å². The topological polar surface area (TPSA) is 91.0 Å². The number of nitrogens with one attached hydrogen (secondary N) is 2. The molecule has 34 heavy (non-hydrogen) atoms. The molecular formula is C25H27FN4O4. The van der Waals surface area contributed by atoms with Gasteiger partial charge in [0.15, 0.2) is 0 Å². The van der Waals surface area contributed by atoms with E-state index in [1.165, 1.54) is 0 Å². The quantitative estimate of drug-likeness (QED) is 0.608. The van der Waals surface area contributed by atoms with Crippen molar-refractivity contribution in [3.63, 3.8) is 0 Å². The maximum atomic E-state index is 15.8. The van der Waals surface area contributed by atoms with Gasteiger partial charge in [-0.05, 0) is 36.2 Å². The Bertz CT molecular complexity index is 2000. The minimum atomic E-state index is -3.94. The zero-order valence-corrected chi connectivity index (χ0v) is 16.9. The van der Waals surface area contributed by atoms with Crippen molar-refractivity contribution in [1.82, 2.24) is 15.1 Å². The van der Waals surface area contributed by atoms with Gasteiger partial charge in [0.05, 0.1) is 32.3 Å². The summed E-state index contributed by atoms with van der Waals surface area (Å²) in [7, 11) is 0. The number of carbonyl (C=O) groups excluding carboxylic acids is 3. The van der Waals surface area contributed by atoms with Crippen molar-refractivity contribution in [1.29, 1.82) is 0 Å². The van der Waals surface area contributed by atoms with Crippen molar-refractivity contribution in [2.24, 2.45) is 0 Å². The van der Waals surface area contributed by atoms with Crippen molar-refractivity contribution in [3.05, 3.63) is 64.3 Å². The number of rotatable bonds is 6. The zero-order chi connectivity index (χ0) is 41.5. The first-order valence-electron chi connectivity index (χ1n) is 19.6. The number of carbonyl (C=O) groups is 3. The number of morpholine rings is 1. The van der Waals surface area contributed by atoms with E-state index in [0.717, 1.165) is 0 Å². The Morgan fingerprint density at radius 2 is 2.12 bits per heavy atom. The first-order valence-corrected chi connectivity index (χ1v) is 9.59. The van der Waals surface area contributed by atoms with Gasteiger partial charge in [0.25, 0.3) is 5.91 Å². The fourth-order valence-electron chi connectivity index (χ4n) is 3.13. The van der Waals surface area contributed by atoms with Crippen LogP contribution in [-0.2, 0) is 33.8 Å². The summed E-state index contributed by atoms with van der Waals surface area (Å²) in [6, 6.07) is -9.19. The number of halogens is 1. The minimum Gasteiger partial charge on any atom is -0.381 e. The molecule has 1 unspecified atom stereocenters. The number of fused-ring (bicyclic) bond motifs is 1. The Morgan fingerprint density at radius 1 is 1.29 bits per heavy atom. The van der Waals surface area contributed by atoms with Crippen LogP contribution in [0.25, 0.3) is 0 Å². The Labute approximate surface area is 225 Å². The molecule has 0 radical (unpaired) electrons. The van der Waals surface area contributed by atoms with Gasteiger partial charge in [-0.3, -0.25) is 24.6 Å². The van der Waals surface area contributed by atoms with Crippen LogP contribution in [0.3, 0.4) is 0 Å². The molecule has 8 nitrogen and oxygen atoms in total. The molecule has 5 rings (SSSR count). The molecule has 1 atom stereocenters. The molecule has 0 aromatic heterocycles. The fraction of sp³-hybridized carbons (Fsp3) is 0.400. The largest absolute Gasteiger partial charge is 0.381 e. The molecule has 2 fully saturated rings. The summed E-state index contributed by atoms with van der Waals surface area (Å²) in [4.78, 5) is 37.7. The van der Waals surface area contributed by atoms with Gasteiger partial charge < -0.3 is 15.0 Å². The lowest BCUT2D eigenvalue weighted by atomic mass is 10.0. The molecule has 2 aromatic carbocycles. The summed E-state index contributed by atoms with van der Waals surface area (Å²) < 4.78 is 188. The number of benzene rings is 2. The van der Waals surface area contributed by atoms with Gasteiger partial charge in [0, 0.05) is 69.5 Å². The first kappa shape index (κ1) is 9.05. The second-order valence-electron chi connectivity index (χ2n) is 6.82. The highest BCUT2D eigenvalue weighted by atomic mass is 19.1. The summed E-state index contributed by atoms with van der Waals surface area (Å²) in [5, 5.41) is 3.66. The van der Waals surface area contributed by atoms with E-state index in [1.54, 1.807) is 5.32 Å². The predicted molar refractivity (Wildman–Crippen MR) is 122 cm³/mol. The van der Waals surface area contributed by atoms with Gasteiger partial charge in [-0.2, -0.15) is 0 Å². The molecule has 9 heteroatoms. The average molecular weight is 487 g/mol. The van der Waals surface area contributed by atoms with Crippen LogP contribution in [0.4, 0.5) is 10.1 Å². The number of anilines is 1. The molecule has 0 bridgehead atoms. The van der Waals surface area contributed by atoms with Crippen LogP contribution in [0.5, 0.6) is 0 Å². The molecule has 0 spiro atoms. The van der Waals surface area contributed by atoms with E-state index in [-0.39, 0.29) is 11.0 Å². The van der Waals surface area contributed by atoms with Crippen LogP contribution in [0.1, 0.15) is 67.3 Å². The van der Waals surface area contributed by atoms with Crippen molar-refractivity contribution < 1.29 is 50.9 Å². The molecular weight excluding hydrogens is 439 g/mol. The van der Waals surface area contributed by atoms with E-state index < -0.39 is 151 Å². The predicted octanol–water partition coefficient (Wildman–Crippen LogP) is 2.03. The Morgan fingerprint density at radius 3 is 2.91 bits per heavy atom. The smallest absolute Gasteiger partial charge is 0.255 e. The maximum Gasteiger partial charge on any atom is 0.255 e. The van der Waals surface area contributed by atoms with Gasteiger partial charge in [-0.15, -0.1) is 0 Å². The molecule has 2 saturated heterocycles. The number of piperidine rings is 1. The van der Waals surface area contributed by atoms with Gasteiger partial charge in [0.1, 0.15) is 11.8 Å². The third kappa shape index (κ3) is 4.53. The molecule has 178 valence electrons. The molecule has 3 aliphatic heterocycles. The highest BCUT2D eigenvalue weighted by Crippen LogP contribution is 2.32. The molecule has 3 aliphatic rings. The van der Waals surface area contributed by atoms with Gasteiger partial charge in [0.2, 0.25) is 11.8 Å². The molecule has 3 heterocycles. The molecule has 2 N–H and O–H groups in total. The Kier molecular flexibility index (Phi) is 2.53. The third-order valence-corrected chi connectivity index (χ3v) is 4.67. The lowest BCUT2D eigenvalue weighted by Crippen LogP contribution is -2.52. The van der Waals surface area contributed by atoms with Gasteiger partial charge in [-0.25, -0.2) is 4.39 Å². The van der Waals surface area contributed by atoms with E-state index >= 15 is 4.39 Å². The highest BCUT2D eigenvalue weighted by Gasteiger charge is 2.39. The van der Waals surface area contributed by atoms with E-state index in [0.29, 0.717) is 0 Å². The molecule has 0 aliphatic carbocycles. The summed E-state index contributed by atoms with van der Waals surface area (Å²) in [6.07, 6.45) is -1.31. The van der Waals surface area contributed by atoms with Crippen LogP contribution >= 0.6 is 0 Å². The Balaban J connectivity index is 1.71. The van der Waals surface area contributed by atoms with Crippen LogP contribution in [0.15, 0.2) is 36.3 Å². The lowest BCUT2D eigenvalue weighted by molar-refractivity contribution is -0.136. The van der Waals surface area contributed by atoms with Gasteiger partial charge in [-0.1, -0.05) is 12.1 Å². The van der Waals surface area contributed by atoms with Crippen molar-refractivity contribution in [3.8, 4) is 0 Å². The first-order chi connectivity index (χ1) is 24.2. The molecule has 0 saturated carbocycles. The number of hydrogen-bond donors (Lipinski definition) is 2. The average Bonchev–Trinajstić information content (AvgIpc) is 3.21. The van der Waals surface area contributed by atoms with E-state index in [2.05, 4.69) is 4.74 Å². The van der Waals surface area contributed by atoms with Crippen LogP contribution < -0.4 is 10.6 Å². The molecule has 2 aromatic rings. The SMILES string of the molecule is [2H]c1cc(C([2H])([2H])N2C([2H])([2H])C([2H])([2H])OC([2H])([2H])C2([2H])[2H])c([2H])c(C([2H])([2H])Nc2c([2H])c([2H])c([2H])c3c2C([2H])([2H])N(C2([2H])CCC(=O)NC2=O)C3=O)c1F. The van der Waals surface area contributed by atoms with Crippen molar-refractivity contribution in [2.45, 2.75) is 38.4 Å². The van der Waals surface area contributed by atoms with E-state index in [9.17, 15) is 14.4 Å². The van der Waals surface area contributed by atoms with Crippen LogP contribution in [0, 0.1) is 5.82 Å². The summed E-state index contributed by atoms with van der Waals surface area (Å²) >= 11 is 0. The van der Waals surface area contributed by atoms with Crippen molar-refractivity contribution >= 4 is 23.4 Å². The second-order valence-corrected chi connectivity index (χ2v) is 6.82. The second kappa shape index (κ2) is 9.52. The van der Waals surface area contributed by atoms with Crippen molar-refractivity contribution in [2.75, 3.05) is 31.4 Å². The van der Waals surface area contributed by atoms with E-state index in [4.69, 9.17) is 27.4 Å². The highest BCUT2D eigenvalue weighted by molar-refractivity contribution is 6.06. The number of nitrogens with zero attached hydrogens (tertiary/aromatic N) is 2. The number of amides is 3. The number of hydrogen-bond acceptors (Lipinski definition) is 6. The zero-order valence-electron chi connectivity index (χ0n) is 36.9. The van der Waals surface area contributed by atoms with Gasteiger partial charge >= 0.3 is 0 Å². The summed E-state index contributed by atoms with van der Waals surface area (Å²) in [6.45, 7) is -26.6. The summed E-state index contributed by atoms with van der Waals surface area (Å²) in [5.41, 5.74) is -6.39. The van der Waals surface area contributed by atoms with Crippen LogP contribution in [-0.4, -0.2) is 59.7 Å². The normalized spacial score (nSPS) is 39.9. The number of ether oxygens (including phenoxy) is 1. The number of imide groups is 1.